The molecule has 0 aliphatic carbocycles. The molecule has 0 saturated heterocycles. The molecule has 4 rings (SSSR count). The fourth-order valence-corrected chi connectivity index (χ4v) is 3.85. The van der Waals surface area contributed by atoms with Gasteiger partial charge in [-0.25, -0.2) is 4.39 Å². The Balaban J connectivity index is 1.73. The fourth-order valence-electron chi connectivity index (χ4n) is 2.90. The second kappa shape index (κ2) is 8.24. The van der Waals surface area contributed by atoms with Gasteiger partial charge < -0.3 is 5.73 Å². The highest BCUT2D eigenvalue weighted by molar-refractivity contribution is 7.98. The Bertz CT molecular complexity index is 1150. The number of benzene rings is 2. The summed E-state index contributed by atoms with van der Waals surface area (Å²) in [6.07, 6.45) is 3.37. The van der Waals surface area contributed by atoms with Crippen LogP contribution in [0.1, 0.15) is 15.9 Å². The SMILES string of the molecule is NC(=O)c1ccccc1CSc1nnc(-c2cccnc2)n1-c1ccc(F)cc1. The van der Waals surface area contributed by atoms with Gasteiger partial charge in [-0.05, 0) is 48.0 Å². The van der Waals surface area contributed by atoms with Crippen LogP contribution in [0, 0.1) is 5.82 Å². The van der Waals surface area contributed by atoms with E-state index in [0.717, 1.165) is 16.8 Å². The second-order valence-corrected chi connectivity index (χ2v) is 7.11. The minimum atomic E-state index is -0.475. The molecule has 1 amide bonds. The number of carbonyl (C=O) groups excluding carboxylic acids is 1. The van der Waals surface area contributed by atoms with E-state index in [-0.39, 0.29) is 5.82 Å². The predicted octanol–water partition coefficient (Wildman–Crippen LogP) is 3.86. The highest BCUT2D eigenvalue weighted by Crippen LogP contribution is 2.30. The average molecular weight is 405 g/mol. The van der Waals surface area contributed by atoms with E-state index < -0.39 is 5.91 Å². The molecule has 144 valence electrons. The number of nitrogens with two attached hydrogens (primary N) is 1. The summed E-state index contributed by atoms with van der Waals surface area (Å²) in [4.78, 5) is 15.8. The summed E-state index contributed by atoms with van der Waals surface area (Å²) in [5.41, 5.74) is 8.26. The van der Waals surface area contributed by atoms with E-state index >= 15 is 0 Å². The summed E-state index contributed by atoms with van der Waals surface area (Å²) in [6, 6.07) is 17.0. The molecule has 8 heteroatoms. The van der Waals surface area contributed by atoms with Crippen molar-refractivity contribution in [2.75, 3.05) is 0 Å². The molecule has 0 unspecified atom stereocenters. The van der Waals surface area contributed by atoms with Crippen LogP contribution < -0.4 is 5.73 Å². The molecule has 0 spiro atoms. The molecule has 4 aromatic rings. The number of primary amides is 1. The Morgan fingerprint density at radius 2 is 1.83 bits per heavy atom. The lowest BCUT2D eigenvalue weighted by atomic mass is 10.1. The number of aromatic nitrogens is 4. The smallest absolute Gasteiger partial charge is 0.249 e. The summed E-state index contributed by atoms with van der Waals surface area (Å²) in [5.74, 6) is 0.271. The molecule has 2 aromatic heterocycles. The summed E-state index contributed by atoms with van der Waals surface area (Å²) in [5, 5.41) is 9.25. The molecule has 0 fully saturated rings. The van der Waals surface area contributed by atoms with Gasteiger partial charge in [0, 0.05) is 35.0 Å². The first-order valence-electron chi connectivity index (χ1n) is 8.76. The first-order chi connectivity index (χ1) is 14.1. The number of amides is 1. The van der Waals surface area contributed by atoms with Gasteiger partial charge in [0.25, 0.3) is 0 Å². The lowest BCUT2D eigenvalue weighted by molar-refractivity contribution is 0.0999. The van der Waals surface area contributed by atoms with Gasteiger partial charge in [-0.15, -0.1) is 10.2 Å². The number of hydrogen-bond acceptors (Lipinski definition) is 5. The average Bonchev–Trinajstić information content (AvgIpc) is 3.17. The largest absolute Gasteiger partial charge is 0.366 e. The van der Waals surface area contributed by atoms with E-state index in [1.807, 2.05) is 28.8 Å². The van der Waals surface area contributed by atoms with Crippen LogP contribution in [0.15, 0.2) is 78.2 Å². The molecule has 0 saturated carbocycles. The Morgan fingerprint density at radius 1 is 1.03 bits per heavy atom. The Labute approximate surface area is 170 Å². The Morgan fingerprint density at radius 3 is 2.55 bits per heavy atom. The van der Waals surface area contributed by atoms with Crippen molar-refractivity contribution in [1.29, 1.82) is 0 Å². The zero-order valence-electron chi connectivity index (χ0n) is 15.2. The van der Waals surface area contributed by atoms with E-state index in [0.29, 0.717) is 22.3 Å². The second-order valence-electron chi connectivity index (χ2n) is 6.17. The summed E-state index contributed by atoms with van der Waals surface area (Å²) in [6.45, 7) is 0. The molecule has 2 N–H and O–H groups in total. The lowest BCUT2D eigenvalue weighted by Crippen LogP contribution is -2.13. The maximum Gasteiger partial charge on any atom is 0.249 e. The molecule has 0 bridgehead atoms. The quantitative estimate of drug-likeness (QED) is 0.492. The van der Waals surface area contributed by atoms with Crippen molar-refractivity contribution in [3.8, 4) is 17.1 Å². The zero-order valence-corrected chi connectivity index (χ0v) is 16.0. The third-order valence-corrected chi connectivity index (χ3v) is 5.26. The standard InChI is InChI=1S/C21H16FN5OS/c22-16-7-9-17(10-8-16)27-20(14-5-3-11-24-12-14)25-26-21(27)29-13-15-4-1-2-6-18(15)19(23)28/h1-12H,13H2,(H2,23,28). The monoisotopic (exact) mass is 405 g/mol. The van der Waals surface area contributed by atoms with E-state index in [1.165, 1.54) is 23.9 Å². The first kappa shape index (κ1) is 18.8. The molecule has 6 nitrogen and oxygen atoms in total. The van der Waals surface area contributed by atoms with Crippen molar-refractivity contribution in [1.82, 2.24) is 19.7 Å². The number of halogens is 1. The number of rotatable bonds is 6. The molecule has 0 atom stereocenters. The van der Waals surface area contributed by atoms with Crippen LogP contribution in [0.3, 0.4) is 0 Å². The van der Waals surface area contributed by atoms with Crippen molar-refractivity contribution in [3.05, 3.63) is 90.0 Å². The molecule has 0 aliphatic rings. The maximum atomic E-state index is 13.4. The first-order valence-corrected chi connectivity index (χ1v) is 9.74. The summed E-state index contributed by atoms with van der Waals surface area (Å²) < 4.78 is 15.3. The summed E-state index contributed by atoms with van der Waals surface area (Å²) in [7, 11) is 0. The minimum absolute atomic E-state index is 0.325. The van der Waals surface area contributed by atoms with Crippen LogP contribution in [0.25, 0.3) is 17.1 Å². The summed E-state index contributed by atoms with van der Waals surface area (Å²) >= 11 is 1.41. The fraction of sp³-hybridized carbons (Fsp3) is 0.0476. The van der Waals surface area contributed by atoms with Gasteiger partial charge in [0.1, 0.15) is 5.82 Å². The van der Waals surface area contributed by atoms with Gasteiger partial charge in [-0.1, -0.05) is 30.0 Å². The van der Waals surface area contributed by atoms with Crippen LogP contribution in [0.4, 0.5) is 4.39 Å². The minimum Gasteiger partial charge on any atom is -0.366 e. The third kappa shape index (κ3) is 4.02. The van der Waals surface area contributed by atoms with Crippen LogP contribution in [-0.2, 0) is 5.75 Å². The van der Waals surface area contributed by atoms with Gasteiger partial charge in [0.15, 0.2) is 11.0 Å². The highest BCUT2D eigenvalue weighted by Gasteiger charge is 2.17. The lowest BCUT2D eigenvalue weighted by Gasteiger charge is -2.11. The maximum absolute atomic E-state index is 13.4. The molecule has 0 radical (unpaired) electrons. The van der Waals surface area contributed by atoms with Crippen LogP contribution in [-0.4, -0.2) is 25.7 Å². The van der Waals surface area contributed by atoms with Gasteiger partial charge in [0.05, 0.1) is 0 Å². The number of pyridine rings is 1. The molecule has 2 aromatic carbocycles. The number of carbonyl (C=O) groups is 1. The number of thioether (sulfide) groups is 1. The van der Waals surface area contributed by atoms with Gasteiger partial charge in [0.2, 0.25) is 5.91 Å². The zero-order chi connectivity index (χ0) is 20.2. The van der Waals surface area contributed by atoms with Crippen molar-refractivity contribution in [2.24, 2.45) is 5.73 Å². The molecule has 0 aliphatic heterocycles. The van der Waals surface area contributed by atoms with Crippen molar-refractivity contribution in [2.45, 2.75) is 10.9 Å². The van der Waals surface area contributed by atoms with E-state index in [1.54, 1.807) is 36.7 Å². The molecule has 29 heavy (non-hydrogen) atoms. The van der Waals surface area contributed by atoms with Crippen molar-refractivity contribution < 1.29 is 9.18 Å². The van der Waals surface area contributed by atoms with Gasteiger partial charge >= 0.3 is 0 Å². The normalized spacial score (nSPS) is 10.8. The van der Waals surface area contributed by atoms with Crippen LogP contribution in [0.2, 0.25) is 0 Å². The van der Waals surface area contributed by atoms with Gasteiger partial charge in [-0.2, -0.15) is 0 Å². The molecular weight excluding hydrogens is 389 g/mol. The van der Waals surface area contributed by atoms with Crippen molar-refractivity contribution in [3.63, 3.8) is 0 Å². The van der Waals surface area contributed by atoms with E-state index in [9.17, 15) is 9.18 Å². The third-order valence-electron chi connectivity index (χ3n) is 4.28. The Kier molecular flexibility index (Phi) is 5.35. The highest BCUT2D eigenvalue weighted by atomic mass is 32.2. The topological polar surface area (TPSA) is 86.7 Å². The van der Waals surface area contributed by atoms with E-state index in [4.69, 9.17) is 5.73 Å². The van der Waals surface area contributed by atoms with Crippen molar-refractivity contribution >= 4 is 17.7 Å². The van der Waals surface area contributed by atoms with Crippen LogP contribution >= 0.6 is 11.8 Å². The van der Waals surface area contributed by atoms with E-state index in [2.05, 4.69) is 15.2 Å². The van der Waals surface area contributed by atoms with Gasteiger partial charge in [-0.3, -0.25) is 14.3 Å². The number of hydrogen-bond donors (Lipinski definition) is 1. The molecule has 2 heterocycles. The predicted molar refractivity (Wildman–Crippen MR) is 109 cm³/mol. The molecular formula is C21H16FN5OS. The van der Waals surface area contributed by atoms with Crippen LogP contribution in [0.5, 0.6) is 0 Å². The Hall–Kier alpha value is -3.52. The number of nitrogens with zero attached hydrogens (tertiary/aromatic N) is 4.